The van der Waals surface area contributed by atoms with Crippen molar-refractivity contribution < 1.29 is 9.90 Å². The number of carboxylic acid groups (broad SMARTS) is 1. The van der Waals surface area contributed by atoms with Crippen LogP contribution in [-0.4, -0.2) is 11.1 Å². The largest absolute Gasteiger partial charge is 0.481 e. The summed E-state index contributed by atoms with van der Waals surface area (Å²) in [5.41, 5.74) is 0. The predicted octanol–water partition coefficient (Wildman–Crippen LogP) is 2.53. The average Bonchev–Trinajstić information content (AvgIpc) is 2.03. The SMILES string of the molecule is C[C@@H]1CCCC([C@@H](C)C(=O)O)C1. The van der Waals surface area contributed by atoms with Gasteiger partial charge in [0.15, 0.2) is 0 Å². The summed E-state index contributed by atoms with van der Waals surface area (Å²) in [5, 5.41) is 8.82. The van der Waals surface area contributed by atoms with Crippen LogP contribution in [0.5, 0.6) is 0 Å². The van der Waals surface area contributed by atoms with Gasteiger partial charge in [-0.25, -0.2) is 0 Å². The van der Waals surface area contributed by atoms with E-state index in [0.717, 1.165) is 18.8 Å². The third-order valence-corrected chi connectivity index (χ3v) is 3.07. The molecule has 0 aliphatic heterocycles. The highest BCUT2D eigenvalue weighted by Gasteiger charge is 2.27. The van der Waals surface area contributed by atoms with Gasteiger partial charge in [-0.15, -0.1) is 0 Å². The van der Waals surface area contributed by atoms with E-state index in [1.165, 1.54) is 12.8 Å². The zero-order chi connectivity index (χ0) is 9.14. The van der Waals surface area contributed by atoms with Crippen molar-refractivity contribution >= 4 is 5.97 Å². The van der Waals surface area contributed by atoms with E-state index in [2.05, 4.69) is 6.92 Å². The van der Waals surface area contributed by atoms with Crippen molar-refractivity contribution in [2.75, 3.05) is 0 Å². The molecular weight excluding hydrogens is 152 g/mol. The fourth-order valence-corrected chi connectivity index (χ4v) is 2.14. The van der Waals surface area contributed by atoms with Crippen LogP contribution in [-0.2, 0) is 4.79 Å². The van der Waals surface area contributed by atoms with Crippen LogP contribution in [0.3, 0.4) is 0 Å². The molecule has 1 aliphatic carbocycles. The third kappa shape index (κ3) is 2.23. The summed E-state index contributed by atoms with van der Waals surface area (Å²) in [4.78, 5) is 10.7. The maximum Gasteiger partial charge on any atom is 0.306 e. The van der Waals surface area contributed by atoms with Gasteiger partial charge in [0.1, 0.15) is 0 Å². The van der Waals surface area contributed by atoms with Crippen LogP contribution < -0.4 is 0 Å². The van der Waals surface area contributed by atoms with Crippen LogP contribution >= 0.6 is 0 Å². The molecule has 0 bridgehead atoms. The van der Waals surface area contributed by atoms with Crippen molar-refractivity contribution in [2.45, 2.75) is 39.5 Å². The standard InChI is InChI=1S/C10H18O2/c1-7-4-3-5-9(6-7)8(2)10(11)12/h7-9H,3-6H2,1-2H3,(H,11,12)/t7-,8-,9?/m1/s1. The Labute approximate surface area is 74.0 Å². The maximum atomic E-state index is 10.7. The molecule has 1 N–H and O–H groups in total. The summed E-state index contributed by atoms with van der Waals surface area (Å²) in [7, 11) is 0. The number of carbonyl (C=O) groups is 1. The molecule has 1 saturated carbocycles. The second-order valence-corrected chi connectivity index (χ2v) is 4.16. The van der Waals surface area contributed by atoms with E-state index in [4.69, 9.17) is 5.11 Å². The normalized spacial score (nSPS) is 32.8. The number of aliphatic carboxylic acids is 1. The second-order valence-electron chi connectivity index (χ2n) is 4.16. The molecule has 0 heterocycles. The second kappa shape index (κ2) is 3.92. The van der Waals surface area contributed by atoms with Gasteiger partial charge < -0.3 is 5.11 Å². The van der Waals surface area contributed by atoms with E-state index >= 15 is 0 Å². The summed E-state index contributed by atoms with van der Waals surface area (Å²) in [5.74, 6) is 0.374. The van der Waals surface area contributed by atoms with Crippen LogP contribution in [0.2, 0.25) is 0 Å². The molecule has 2 heteroatoms. The molecule has 0 aromatic heterocycles. The Hall–Kier alpha value is -0.530. The minimum Gasteiger partial charge on any atom is -0.481 e. The van der Waals surface area contributed by atoms with Gasteiger partial charge in [-0.05, 0) is 24.7 Å². The summed E-state index contributed by atoms with van der Waals surface area (Å²) >= 11 is 0. The van der Waals surface area contributed by atoms with Gasteiger partial charge in [0.25, 0.3) is 0 Å². The van der Waals surface area contributed by atoms with Crippen molar-refractivity contribution in [3.8, 4) is 0 Å². The van der Waals surface area contributed by atoms with Gasteiger partial charge in [-0.3, -0.25) is 4.79 Å². The van der Waals surface area contributed by atoms with Crippen LogP contribution in [0, 0.1) is 17.8 Å². The predicted molar refractivity (Wildman–Crippen MR) is 47.9 cm³/mol. The van der Waals surface area contributed by atoms with E-state index < -0.39 is 5.97 Å². The highest BCUT2D eigenvalue weighted by molar-refractivity contribution is 5.69. The first-order valence-electron chi connectivity index (χ1n) is 4.84. The number of carboxylic acids is 1. The Morgan fingerprint density at radius 3 is 2.67 bits per heavy atom. The van der Waals surface area contributed by atoms with Crippen LogP contribution in [0.1, 0.15) is 39.5 Å². The smallest absolute Gasteiger partial charge is 0.306 e. The monoisotopic (exact) mass is 170 g/mol. The zero-order valence-corrected chi connectivity index (χ0v) is 7.92. The van der Waals surface area contributed by atoms with Crippen molar-refractivity contribution in [2.24, 2.45) is 17.8 Å². The number of hydrogen-bond acceptors (Lipinski definition) is 1. The first kappa shape index (κ1) is 9.56. The molecule has 1 rings (SSSR count). The Bertz CT molecular complexity index is 165. The number of rotatable bonds is 2. The molecule has 1 fully saturated rings. The summed E-state index contributed by atoms with van der Waals surface area (Å²) in [6.07, 6.45) is 4.71. The van der Waals surface area contributed by atoms with Gasteiger partial charge in [0, 0.05) is 0 Å². The average molecular weight is 170 g/mol. The van der Waals surface area contributed by atoms with E-state index in [-0.39, 0.29) is 5.92 Å². The molecule has 1 aliphatic rings. The van der Waals surface area contributed by atoms with E-state index in [9.17, 15) is 4.79 Å². The fraction of sp³-hybridized carbons (Fsp3) is 0.900. The Morgan fingerprint density at radius 1 is 1.50 bits per heavy atom. The number of hydrogen-bond donors (Lipinski definition) is 1. The molecular formula is C10H18O2. The van der Waals surface area contributed by atoms with Crippen molar-refractivity contribution in [3.05, 3.63) is 0 Å². The van der Waals surface area contributed by atoms with Crippen molar-refractivity contribution in [1.82, 2.24) is 0 Å². The molecule has 0 spiro atoms. The van der Waals surface area contributed by atoms with Crippen LogP contribution in [0.15, 0.2) is 0 Å². The topological polar surface area (TPSA) is 37.3 Å². The Balaban J connectivity index is 2.45. The van der Waals surface area contributed by atoms with E-state index in [1.54, 1.807) is 0 Å². The lowest BCUT2D eigenvalue weighted by atomic mass is 9.76. The molecule has 0 radical (unpaired) electrons. The quantitative estimate of drug-likeness (QED) is 0.691. The molecule has 0 saturated heterocycles. The summed E-state index contributed by atoms with van der Waals surface area (Å²) < 4.78 is 0. The maximum absolute atomic E-state index is 10.7. The molecule has 0 amide bonds. The lowest BCUT2D eigenvalue weighted by Crippen LogP contribution is -2.25. The Morgan fingerprint density at radius 2 is 2.17 bits per heavy atom. The molecule has 12 heavy (non-hydrogen) atoms. The van der Waals surface area contributed by atoms with Crippen LogP contribution in [0.4, 0.5) is 0 Å². The Kier molecular flexibility index (Phi) is 3.12. The van der Waals surface area contributed by atoms with Gasteiger partial charge in [-0.2, -0.15) is 0 Å². The lowest BCUT2D eigenvalue weighted by molar-refractivity contribution is -0.143. The zero-order valence-electron chi connectivity index (χ0n) is 7.92. The lowest BCUT2D eigenvalue weighted by Gasteiger charge is -2.29. The van der Waals surface area contributed by atoms with Crippen molar-refractivity contribution in [1.29, 1.82) is 0 Å². The molecule has 0 aromatic carbocycles. The highest BCUT2D eigenvalue weighted by Crippen LogP contribution is 2.33. The molecule has 2 nitrogen and oxygen atoms in total. The van der Waals surface area contributed by atoms with Gasteiger partial charge in [0.05, 0.1) is 5.92 Å². The molecule has 70 valence electrons. The minimum atomic E-state index is -0.630. The van der Waals surface area contributed by atoms with Gasteiger partial charge in [0.2, 0.25) is 0 Å². The molecule has 1 unspecified atom stereocenters. The fourth-order valence-electron chi connectivity index (χ4n) is 2.14. The highest BCUT2D eigenvalue weighted by atomic mass is 16.4. The van der Waals surface area contributed by atoms with Gasteiger partial charge in [-0.1, -0.05) is 26.7 Å². The van der Waals surface area contributed by atoms with Crippen molar-refractivity contribution in [3.63, 3.8) is 0 Å². The summed E-state index contributed by atoms with van der Waals surface area (Å²) in [6.45, 7) is 4.06. The molecule has 0 aromatic rings. The molecule has 3 atom stereocenters. The minimum absolute atomic E-state index is 0.146. The summed E-state index contributed by atoms with van der Waals surface area (Å²) in [6, 6.07) is 0. The van der Waals surface area contributed by atoms with E-state index in [1.807, 2.05) is 6.92 Å². The third-order valence-electron chi connectivity index (χ3n) is 3.07. The van der Waals surface area contributed by atoms with Gasteiger partial charge >= 0.3 is 5.97 Å². The first-order chi connectivity index (χ1) is 5.61. The first-order valence-corrected chi connectivity index (χ1v) is 4.84. The van der Waals surface area contributed by atoms with Crippen LogP contribution in [0.25, 0.3) is 0 Å². The van der Waals surface area contributed by atoms with E-state index in [0.29, 0.717) is 5.92 Å².